The number of carbonyl (C=O) groups is 1. The maximum absolute atomic E-state index is 10.4. The van der Waals surface area contributed by atoms with Gasteiger partial charge in [0.1, 0.15) is 12.0 Å². The normalized spacial score (nSPS) is 10.7. The second-order valence-electron chi connectivity index (χ2n) is 2.81. The third kappa shape index (κ3) is 2.87. The van der Waals surface area contributed by atoms with Crippen LogP contribution in [0.4, 0.5) is 0 Å². The quantitative estimate of drug-likeness (QED) is 0.765. The summed E-state index contributed by atoms with van der Waals surface area (Å²) in [5.74, 6) is -1.47. The first-order chi connectivity index (χ1) is 6.09. The van der Waals surface area contributed by atoms with Gasteiger partial charge in [0.05, 0.1) is 12.7 Å². The number of carboxylic acids is 1. The number of oxazole rings is 1. The van der Waals surface area contributed by atoms with Gasteiger partial charge in [-0.25, -0.2) is 9.78 Å². The van der Waals surface area contributed by atoms with Crippen LogP contribution >= 0.6 is 0 Å². The van der Waals surface area contributed by atoms with Crippen molar-refractivity contribution in [3.8, 4) is 0 Å². The van der Waals surface area contributed by atoms with Gasteiger partial charge in [0.15, 0.2) is 0 Å². The number of aromatic carboxylic acids is 1. The lowest BCUT2D eigenvalue weighted by Crippen LogP contribution is -2.03. The Hall–Kier alpha value is -1.36. The monoisotopic (exact) mass is 185 g/mol. The van der Waals surface area contributed by atoms with Crippen molar-refractivity contribution in [2.75, 3.05) is 0 Å². The van der Waals surface area contributed by atoms with E-state index in [1.807, 2.05) is 13.8 Å². The van der Waals surface area contributed by atoms with Crippen molar-refractivity contribution in [2.45, 2.75) is 26.6 Å². The molecule has 0 amide bonds. The molecule has 0 fully saturated rings. The van der Waals surface area contributed by atoms with E-state index in [1.54, 1.807) is 0 Å². The van der Waals surface area contributed by atoms with Gasteiger partial charge in [0, 0.05) is 0 Å². The molecule has 0 aliphatic heterocycles. The van der Waals surface area contributed by atoms with Crippen LogP contribution in [0.15, 0.2) is 10.7 Å². The molecule has 0 radical (unpaired) electrons. The van der Waals surface area contributed by atoms with Crippen LogP contribution in [-0.2, 0) is 11.3 Å². The number of nitrogens with zero attached hydrogens (tertiary/aromatic N) is 1. The number of rotatable bonds is 4. The van der Waals surface area contributed by atoms with E-state index in [2.05, 4.69) is 9.40 Å². The molecule has 0 saturated carbocycles. The fraction of sp³-hybridized carbons (Fsp3) is 0.500. The molecule has 5 heteroatoms. The van der Waals surface area contributed by atoms with E-state index in [0.717, 1.165) is 0 Å². The molecule has 13 heavy (non-hydrogen) atoms. The standard InChI is InChI=1S/C8H11NO4/c1-5(2)12-3-6-4-13-7(9-6)8(10)11/h4-5H,3H2,1-2H3,(H,10,11). The molecule has 0 bridgehead atoms. The highest BCUT2D eigenvalue weighted by molar-refractivity contribution is 5.82. The van der Waals surface area contributed by atoms with E-state index >= 15 is 0 Å². The van der Waals surface area contributed by atoms with Crippen molar-refractivity contribution >= 4 is 5.97 Å². The number of aromatic nitrogens is 1. The van der Waals surface area contributed by atoms with Crippen LogP contribution in [0, 0.1) is 0 Å². The van der Waals surface area contributed by atoms with Gasteiger partial charge in [-0.05, 0) is 13.8 Å². The predicted octanol–water partition coefficient (Wildman–Crippen LogP) is 1.30. The molecule has 0 unspecified atom stereocenters. The summed E-state index contributed by atoms with van der Waals surface area (Å²) in [7, 11) is 0. The molecule has 0 atom stereocenters. The molecular weight excluding hydrogens is 174 g/mol. The Bertz CT molecular complexity index is 292. The van der Waals surface area contributed by atoms with E-state index in [4.69, 9.17) is 9.84 Å². The topological polar surface area (TPSA) is 72.6 Å². The second-order valence-corrected chi connectivity index (χ2v) is 2.81. The minimum absolute atomic E-state index is 0.0879. The Morgan fingerprint density at radius 1 is 1.77 bits per heavy atom. The van der Waals surface area contributed by atoms with Gasteiger partial charge in [-0.1, -0.05) is 0 Å². The maximum Gasteiger partial charge on any atom is 0.392 e. The first-order valence-corrected chi connectivity index (χ1v) is 3.89. The fourth-order valence-electron chi connectivity index (χ4n) is 0.724. The Balaban J connectivity index is 2.54. The molecule has 0 aromatic carbocycles. The highest BCUT2D eigenvalue weighted by Crippen LogP contribution is 2.04. The largest absolute Gasteiger partial charge is 0.474 e. The van der Waals surface area contributed by atoms with Crippen molar-refractivity contribution in [1.82, 2.24) is 4.98 Å². The Morgan fingerprint density at radius 2 is 2.46 bits per heavy atom. The number of hydrogen-bond donors (Lipinski definition) is 1. The highest BCUT2D eigenvalue weighted by atomic mass is 16.5. The van der Waals surface area contributed by atoms with E-state index in [9.17, 15) is 4.79 Å². The molecule has 5 nitrogen and oxygen atoms in total. The molecule has 0 aliphatic rings. The third-order valence-corrected chi connectivity index (χ3v) is 1.30. The van der Waals surface area contributed by atoms with Gasteiger partial charge >= 0.3 is 11.9 Å². The van der Waals surface area contributed by atoms with Gasteiger partial charge in [-0.2, -0.15) is 0 Å². The lowest BCUT2D eigenvalue weighted by atomic mass is 10.4. The summed E-state index contributed by atoms with van der Waals surface area (Å²) in [6, 6.07) is 0. The molecule has 0 aliphatic carbocycles. The fourth-order valence-corrected chi connectivity index (χ4v) is 0.724. The van der Waals surface area contributed by atoms with Crippen LogP contribution in [-0.4, -0.2) is 22.2 Å². The number of carboxylic acid groups (broad SMARTS) is 1. The van der Waals surface area contributed by atoms with E-state index in [1.165, 1.54) is 6.26 Å². The average Bonchev–Trinajstić information content (AvgIpc) is 2.48. The van der Waals surface area contributed by atoms with E-state index in [0.29, 0.717) is 5.69 Å². The Kier molecular flexibility index (Phi) is 3.02. The Labute approximate surface area is 75.3 Å². The summed E-state index contributed by atoms with van der Waals surface area (Å²) in [6.45, 7) is 4.05. The number of ether oxygens (including phenoxy) is 1. The van der Waals surface area contributed by atoms with Gasteiger partial charge in [-0.3, -0.25) is 0 Å². The molecule has 0 saturated heterocycles. The van der Waals surface area contributed by atoms with Crippen LogP contribution in [0.25, 0.3) is 0 Å². The summed E-state index contributed by atoms with van der Waals surface area (Å²) in [5, 5.41) is 8.48. The van der Waals surface area contributed by atoms with Crippen molar-refractivity contribution in [2.24, 2.45) is 0 Å². The van der Waals surface area contributed by atoms with E-state index < -0.39 is 5.97 Å². The second kappa shape index (κ2) is 4.04. The third-order valence-electron chi connectivity index (χ3n) is 1.30. The smallest absolute Gasteiger partial charge is 0.392 e. The van der Waals surface area contributed by atoms with Crippen LogP contribution in [0.3, 0.4) is 0 Å². The highest BCUT2D eigenvalue weighted by Gasteiger charge is 2.11. The van der Waals surface area contributed by atoms with Gasteiger partial charge in [0.2, 0.25) is 0 Å². The van der Waals surface area contributed by atoms with Gasteiger partial charge in [0.25, 0.3) is 0 Å². The van der Waals surface area contributed by atoms with Crippen molar-refractivity contribution in [3.05, 3.63) is 17.8 Å². The minimum atomic E-state index is -1.17. The van der Waals surface area contributed by atoms with Crippen LogP contribution in [0.1, 0.15) is 30.2 Å². The first-order valence-electron chi connectivity index (χ1n) is 3.89. The summed E-state index contributed by atoms with van der Waals surface area (Å²) >= 11 is 0. The summed E-state index contributed by atoms with van der Waals surface area (Å²) in [4.78, 5) is 14.0. The zero-order valence-electron chi connectivity index (χ0n) is 7.48. The molecule has 1 heterocycles. The molecule has 0 spiro atoms. The summed E-state index contributed by atoms with van der Waals surface area (Å²) < 4.78 is 9.87. The van der Waals surface area contributed by atoms with Crippen molar-refractivity contribution in [1.29, 1.82) is 0 Å². The molecule has 72 valence electrons. The zero-order chi connectivity index (χ0) is 9.84. The zero-order valence-corrected chi connectivity index (χ0v) is 7.48. The summed E-state index contributed by atoms with van der Waals surface area (Å²) in [6.07, 6.45) is 1.37. The van der Waals surface area contributed by atoms with E-state index in [-0.39, 0.29) is 18.6 Å². The van der Waals surface area contributed by atoms with Crippen molar-refractivity contribution < 1.29 is 19.1 Å². The molecule has 1 rings (SSSR count). The first kappa shape index (κ1) is 9.73. The van der Waals surface area contributed by atoms with Gasteiger partial charge in [-0.15, -0.1) is 0 Å². The van der Waals surface area contributed by atoms with Crippen LogP contribution in [0.2, 0.25) is 0 Å². The number of hydrogen-bond acceptors (Lipinski definition) is 4. The minimum Gasteiger partial charge on any atom is -0.474 e. The summed E-state index contributed by atoms with van der Waals surface area (Å²) in [5.41, 5.74) is 0.492. The lowest BCUT2D eigenvalue weighted by molar-refractivity contribution is 0.0632. The molecular formula is C8H11NO4. The molecule has 1 aromatic rings. The maximum atomic E-state index is 10.4. The average molecular weight is 185 g/mol. The molecule has 1 N–H and O–H groups in total. The lowest BCUT2D eigenvalue weighted by Gasteiger charge is -2.03. The van der Waals surface area contributed by atoms with Crippen LogP contribution < -0.4 is 0 Å². The predicted molar refractivity (Wildman–Crippen MR) is 43.4 cm³/mol. The van der Waals surface area contributed by atoms with Gasteiger partial charge < -0.3 is 14.3 Å². The SMILES string of the molecule is CC(C)OCc1coc(C(=O)O)n1. The Morgan fingerprint density at radius 3 is 2.92 bits per heavy atom. The molecule has 1 aromatic heterocycles. The van der Waals surface area contributed by atoms with Crippen LogP contribution in [0.5, 0.6) is 0 Å². The van der Waals surface area contributed by atoms with Crippen molar-refractivity contribution in [3.63, 3.8) is 0 Å².